The van der Waals surface area contributed by atoms with Crippen LogP contribution in [0.2, 0.25) is 0 Å². The summed E-state index contributed by atoms with van der Waals surface area (Å²) in [4.78, 5) is 11.9. The summed E-state index contributed by atoms with van der Waals surface area (Å²) in [6, 6.07) is 0. The molecule has 1 unspecified atom stereocenters. The van der Waals surface area contributed by atoms with Gasteiger partial charge in [0, 0.05) is 12.8 Å². The Morgan fingerprint density at radius 3 is 2.58 bits per heavy atom. The molecule has 1 atom stereocenters. The van der Waals surface area contributed by atoms with Crippen molar-refractivity contribution >= 4 is 5.97 Å². The summed E-state index contributed by atoms with van der Waals surface area (Å²) in [5.74, 6) is 7.28. The molecular weight excluding hydrogens is 236 g/mol. The SMILES string of the molecule is CCC#CC(CC(C)C)OC(=O)CCC1CCCC1. The summed E-state index contributed by atoms with van der Waals surface area (Å²) in [5, 5.41) is 0. The summed E-state index contributed by atoms with van der Waals surface area (Å²) in [6.07, 6.45) is 8.24. The Kier molecular flexibility index (Phi) is 7.63. The molecule has 1 aliphatic rings. The van der Waals surface area contributed by atoms with Gasteiger partial charge in [-0.3, -0.25) is 4.79 Å². The predicted octanol–water partition coefficient (Wildman–Crippen LogP) is 4.33. The number of esters is 1. The maximum atomic E-state index is 11.9. The summed E-state index contributed by atoms with van der Waals surface area (Å²) in [6.45, 7) is 6.28. The van der Waals surface area contributed by atoms with Gasteiger partial charge in [-0.25, -0.2) is 0 Å². The van der Waals surface area contributed by atoms with E-state index in [1.165, 1.54) is 25.7 Å². The Morgan fingerprint density at radius 2 is 2.00 bits per heavy atom. The second-order valence-corrected chi connectivity index (χ2v) is 5.97. The Morgan fingerprint density at radius 1 is 1.32 bits per heavy atom. The number of rotatable bonds is 6. The van der Waals surface area contributed by atoms with Crippen LogP contribution < -0.4 is 0 Å². The molecule has 1 fully saturated rings. The standard InChI is InChI=1S/C17H28O2/c1-4-5-10-16(13-14(2)3)19-17(18)12-11-15-8-6-7-9-15/h14-16H,4,6-9,11-13H2,1-3H3. The molecule has 0 aromatic carbocycles. The van der Waals surface area contributed by atoms with Crippen molar-refractivity contribution in [3.05, 3.63) is 0 Å². The zero-order valence-corrected chi connectivity index (χ0v) is 12.7. The van der Waals surface area contributed by atoms with Gasteiger partial charge in [0.2, 0.25) is 0 Å². The van der Waals surface area contributed by atoms with Crippen molar-refractivity contribution in [3.63, 3.8) is 0 Å². The fourth-order valence-electron chi connectivity index (χ4n) is 2.62. The van der Waals surface area contributed by atoms with Gasteiger partial charge in [0.1, 0.15) is 0 Å². The van der Waals surface area contributed by atoms with Crippen molar-refractivity contribution in [2.24, 2.45) is 11.8 Å². The number of ether oxygens (including phenoxy) is 1. The van der Waals surface area contributed by atoms with Crippen molar-refractivity contribution < 1.29 is 9.53 Å². The summed E-state index contributed by atoms with van der Waals surface area (Å²) in [5.41, 5.74) is 0. The second-order valence-electron chi connectivity index (χ2n) is 5.97. The largest absolute Gasteiger partial charge is 0.449 e. The third-order valence-electron chi connectivity index (χ3n) is 3.63. The van der Waals surface area contributed by atoms with Gasteiger partial charge >= 0.3 is 5.97 Å². The molecule has 0 aromatic rings. The maximum Gasteiger partial charge on any atom is 0.307 e. The average Bonchev–Trinajstić information content (AvgIpc) is 2.86. The lowest BCUT2D eigenvalue weighted by molar-refractivity contribution is -0.147. The highest BCUT2D eigenvalue weighted by atomic mass is 16.5. The minimum absolute atomic E-state index is 0.0667. The van der Waals surface area contributed by atoms with E-state index in [4.69, 9.17) is 4.74 Å². The average molecular weight is 264 g/mol. The molecule has 2 heteroatoms. The van der Waals surface area contributed by atoms with Crippen LogP contribution in [0, 0.1) is 23.7 Å². The van der Waals surface area contributed by atoms with Crippen molar-refractivity contribution in [2.75, 3.05) is 0 Å². The van der Waals surface area contributed by atoms with Gasteiger partial charge in [0.05, 0.1) is 0 Å². The number of hydrogen-bond donors (Lipinski definition) is 0. The quantitative estimate of drug-likeness (QED) is 0.527. The van der Waals surface area contributed by atoms with Crippen LogP contribution in [0.1, 0.15) is 72.1 Å². The summed E-state index contributed by atoms with van der Waals surface area (Å²) >= 11 is 0. The third-order valence-corrected chi connectivity index (χ3v) is 3.63. The zero-order chi connectivity index (χ0) is 14.1. The fourth-order valence-corrected chi connectivity index (χ4v) is 2.62. The summed E-state index contributed by atoms with van der Waals surface area (Å²) in [7, 11) is 0. The molecule has 0 aliphatic heterocycles. The molecule has 2 nitrogen and oxygen atoms in total. The number of carbonyl (C=O) groups is 1. The Labute approximate surface area is 118 Å². The molecule has 0 radical (unpaired) electrons. The lowest BCUT2D eigenvalue weighted by atomic mass is 10.0. The van der Waals surface area contributed by atoms with E-state index in [1.54, 1.807) is 0 Å². The van der Waals surface area contributed by atoms with Gasteiger partial charge in [0.15, 0.2) is 6.10 Å². The van der Waals surface area contributed by atoms with Crippen molar-refractivity contribution in [2.45, 2.75) is 78.2 Å². The monoisotopic (exact) mass is 264 g/mol. The Balaban J connectivity index is 2.32. The molecule has 19 heavy (non-hydrogen) atoms. The second kappa shape index (κ2) is 9.02. The molecule has 0 bridgehead atoms. The normalized spacial score (nSPS) is 17.1. The smallest absolute Gasteiger partial charge is 0.307 e. The predicted molar refractivity (Wildman–Crippen MR) is 78.6 cm³/mol. The van der Waals surface area contributed by atoms with E-state index in [0.717, 1.165) is 25.2 Å². The lowest BCUT2D eigenvalue weighted by Gasteiger charge is -2.15. The van der Waals surface area contributed by atoms with Crippen molar-refractivity contribution in [1.29, 1.82) is 0 Å². The van der Waals surface area contributed by atoms with E-state index < -0.39 is 0 Å². The van der Waals surface area contributed by atoms with Crippen LogP contribution in [0.3, 0.4) is 0 Å². The molecular formula is C17H28O2. The minimum Gasteiger partial charge on any atom is -0.449 e. The van der Waals surface area contributed by atoms with E-state index in [1.807, 2.05) is 6.92 Å². The molecule has 0 aromatic heterocycles. The molecule has 0 N–H and O–H groups in total. The first-order valence-electron chi connectivity index (χ1n) is 7.79. The topological polar surface area (TPSA) is 26.3 Å². The Bertz CT molecular complexity index is 316. The van der Waals surface area contributed by atoms with Crippen LogP contribution in [0.15, 0.2) is 0 Å². The number of hydrogen-bond acceptors (Lipinski definition) is 2. The third kappa shape index (κ3) is 7.25. The fraction of sp³-hybridized carbons (Fsp3) is 0.824. The van der Waals surface area contributed by atoms with Crippen LogP contribution in [-0.2, 0) is 9.53 Å². The van der Waals surface area contributed by atoms with Crippen LogP contribution in [0.5, 0.6) is 0 Å². The van der Waals surface area contributed by atoms with Crippen LogP contribution in [0.4, 0.5) is 0 Å². The highest BCUT2D eigenvalue weighted by Crippen LogP contribution is 2.28. The van der Waals surface area contributed by atoms with Gasteiger partial charge in [0.25, 0.3) is 0 Å². The molecule has 108 valence electrons. The van der Waals surface area contributed by atoms with Gasteiger partial charge in [-0.15, -0.1) is 0 Å². The zero-order valence-electron chi connectivity index (χ0n) is 12.7. The summed E-state index contributed by atoms with van der Waals surface area (Å²) < 4.78 is 5.51. The van der Waals surface area contributed by atoms with Crippen LogP contribution in [-0.4, -0.2) is 12.1 Å². The lowest BCUT2D eigenvalue weighted by Crippen LogP contribution is -2.19. The molecule has 0 saturated heterocycles. The highest BCUT2D eigenvalue weighted by Gasteiger charge is 2.18. The van der Waals surface area contributed by atoms with E-state index in [9.17, 15) is 4.79 Å². The minimum atomic E-state index is -0.212. The first-order valence-corrected chi connectivity index (χ1v) is 7.79. The first kappa shape index (κ1) is 16.1. The van der Waals surface area contributed by atoms with E-state index in [-0.39, 0.29) is 12.1 Å². The number of carbonyl (C=O) groups excluding carboxylic acids is 1. The van der Waals surface area contributed by atoms with Crippen molar-refractivity contribution in [1.82, 2.24) is 0 Å². The molecule has 0 heterocycles. The molecule has 1 saturated carbocycles. The molecule has 1 aliphatic carbocycles. The van der Waals surface area contributed by atoms with E-state index in [0.29, 0.717) is 12.3 Å². The maximum absolute atomic E-state index is 11.9. The first-order chi connectivity index (χ1) is 9.11. The van der Waals surface area contributed by atoms with Crippen LogP contribution in [0.25, 0.3) is 0 Å². The Hall–Kier alpha value is -0.970. The molecule has 0 amide bonds. The van der Waals surface area contributed by atoms with Gasteiger partial charge in [-0.2, -0.15) is 0 Å². The molecule has 0 spiro atoms. The van der Waals surface area contributed by atoms with Gasteiger partial charge in [-0.1, -0.05) is 58.3 Å². The van der Waals surface area contributed by atoms with Gasteiger partial charge in [-0.05, 0) is 24.7 Å². The molecule has 1 rings (SSSR count). The highest BCUT2D eigenvalue weighted by molar-refractivity contribution is 5.69. The van der Waals surface area contributed by atoms with Gasteiger partial charge < -0.3 is 4.74 Å². The van der Waals surface area contributed by atoms with E-state index in [2.05, 4.69) is 25.7 Å². The van der Waals surface area contributed by atoms with Crippen LogP contribution >= 0.6 is 0 Å². The van der Waals surface area contributed by atoms with Crippen molar-refractivity contribution in [3.8, 4) is 11.8 Å². The van der Waals surface area contributed by atoms with E-state index >= 15 is 0 Å².